The maximum Gasteiger partial charge on any atom is 0.293 e. The maximum absolute atomic E-state index is 12.2. The molecule has 0 aliphatic carbocycles. The molecule has 4 aromatic rings. The third-order valence-electron chi connectivity index (χ3n) is 3.38. The minimum Gasteiger partial charge on any atom is -0.331 e. The van der Waals surface area contributed by atoms with Crippen molar-refractivity contribution in [1.29, 1.82) is 0 Å². The summed E-state index contributed by atoms with van der Waals surface area (Å²) in [6.45, 7) is 0. The number of benzene rings is 1. The van der Waals surface area contributed by atoms with Gasteiger partial charge in [0, 0.05) is 12.4 Å². The number of halogens is 2. The van der Waals surface area contributed by atoms with Crippen molar-refractivity contribution in [3.05, 3.63) is 52.7 Å². The number of hydrogen-bond donors (Lipinski definition) is 3. The van der Waals surface area contributed by atoms with Crippen molar-refractivity contribution in [2.45, 2.75) is 0 Å². The summed E-state index contributed by atoms with van der Waals surface area (Å²) in [7, 11) is 0. The molecular weight excluding hydrogens is 381 g/mol. The minimum absolute atomic E-state index is 0.0659. The topological polar surface area (TPSA) is 130 Å². The molecule has 3 aromatic heterocycles. The van der Waals surface area contributed by atoms with Crippen LogP contribution in [0.25, 0.3) is 17.2 Å². The fraction of sp³-hybridized carbons (Fsp3) is 0. The van der Waals surface area contributed by atoms with Gasteiger partial charge in [-0.25, -0.2) is 9.97 Å². The van der Waals surface area contributed by atoms with E-state index in [1.807, 2.05) is 0 Å². The molecule has 0 bridgehead atoms. The normalized spacial score (nSPS) is 10.8. The van der Waals surface area contributed by atoms with Crippen molar-refractivity contribution in [2.75, 3.05) is 5.32 Å². The second-order valence-electron chi connectivity index (χ2n) is 5.02. The average molecular weight is 390 g/mol. The van der Waals surface area contributed by atoms with Crippen LogP contribution in [0.4, 0.5) is 5.95 Å². The number of aromatic nitrogens is 8. The van der Waals surface area contributed by atoms with Gasteiger partial charge >= 0.3 is 0 Å². The van der Waals surface area contributed by atoms with Crippen LogP contribution >= 0.6 is 23.2 Å². The summed E-state index contributed by atoms with van der Waals surface area (Å²) in [6, 6.07) is 5.05. The Morgan fingerprint density at radius 1 is 1.19 bits per heavy atom. The Morgan fingerprint density at radius 3 is 2.73 bits per heavy atom. The SMILES string of the molecule is O=C(Nc1ncc[nH]1)c1ncc(-c2nnnn2-c2c(Cl)cccc2Cl)[nH]1. The van der Waals surface area contributed by atoms with Gasteiger partial charge in [-0.1, -0.05) is 29.3 Å². The van der Waals surface area contributed by atoms with Gasteiger partial charge in [-0.3, -0.25) is 10.1 Å². The molecule has 10 nitrogen and oxygen atoms in total. The lowest BCUT2D eigenvalue weighted by Crippen LogP contribution is -2.14. The first-order valence-electron chi connectivity index (χ1n) is 7.22. The molecule has 12 heteroatoms. The highest BCUT2D eigenvalue weighted by Crippen LogP contribution is 2.30. The predicted octanol–water partition coefficient (Wildman–Crippen LogP) is 2.33. The van der Waals surface area contributed by atoms with Crippen LogP contribution in [0.5, 0.6) is 0 Å². The fourth-order valence-electron chi connectivity index (χ4n) is 2.25. The van der Waals surface area contributed by atoms with Gasteiger partial charge in [-0.05, 0) is 22.6 Å². The zero-order chi connectivity index (χ0) is 18.1. The molecule has 0 atom stereocenters. The first-order valence-corrected chi connectivity index (χ1v) is 7.98. The van der Waals surface area contributed by atoms with Crippen molar-refractivity contribution in [1.82, 2.24) is 40.1 Å². The monoisotopic (exact) mass is 389 g/mol. The Kier molecular flexibility index (Phi) is 4.11. The van der Waals surface area contributed by atoms with Crippen LogP contribution in [-0.4, -0.2) is 46.1 Å². The van der Waals surface area contributed by atoms with Gasteiger partial charge in [0.1, 0.15) is 11.4 Å². The zero-order valence-corrected chi connectivity index (χ0v) is 14.3. The van der Waals surface area contributed by atoms with Crippen molar-refractivity contribution in [3.63, 3.8) is 0 Å². The van der Waals surface area contributed by atoms with Crippen LogP contribution in [-0.2, 0) is 0 Å². The van der Waals surface area contributed by atoms with Crippen LogP contribution in [0.15, 0.2) is 36.8 Å². The van der Waals surface area contributed by atoms with E-state index in [2.05, 4.69) is 40.8 Å². The summed E-state index contributed by atoms with van der Waals surface area (Å²) < 4.78 is 1.37. The number of anilines is 1. The molecule has 0 saturated carbocycles. The Hall–Kier alpha value is -3.24. The molecular formula is C14H9Cl2N9O. The highest BCUT2D eigenvalue weighted by Gasteiger charge is 2.19. The molecule has 3 heterocycles. The smallest absolute Gasteiger partial charge is 0.293 e. The zero-order valence-electron chi connectivity index (χ0n) is 12.8. The van der Waals surface area contributed by atoms with Gasteiger partial charge in [0.25, 0.3) is 5.91 Å². The summed E-state index contributed by atoms with van der Waals surface area (Å²) in [6.07, 6.45) is 4.54. The fourth-order valence-corrected chi connectivity index (χ4v) is 2.81. The van der Waals surface area contributed by atoms with Crippen LogP contribution in [0.1, 0.15) is 10.6 Å². The molecule has 0 fully saturated rings. The van der Waals surface area contributed by atoms with E-state index in [4.69, 9.17) is 23.2 Å². The summed E-state index contributed by atoms with van der Waals surface area (Å²) in [4.78, 5) is 25.8. The Balaban J connectivity index is 1.67. The van der Waals surface area contributed by atoms with Gasteiger partial charge in [-0.2, -0.15) is 4.68 Å². The molecule has 0 spiro atoms. The van der Waals surface area contributed by atoms with E-state index < -0.39 is 5.91 Å². The third-order valence-corrected chi connectivity index (χ3v) is 3.99. The highest BCUT2D eigenvalue weighted by atomic mass is 35.5. The lowest BCUT2D eigenvalue weighted by Gasteiger charge is -2.07. The molecule has 0 aliphatic rings. The second kappa shape index (κ2) is 6.58. The Morgan fingerprint density at radius 2 is 2.00 bits per heavy atom. The van der Waals surface area contributed by atoms with E-state index in [1.54, 1.807) is 24.4 Å². The van der Waals surface area contributed by atoms with Gasteiger partial charge in [0.05, 0.1) is 16.2 Å². The number of aromatic amines is 2. The summed E-state index contributed by atoms with van der Waals surface area (Å²) in [5.74, 6) is 0.197. The number of nitrogens with zero attached hydrogens (tertiary/aromatic N) is 6. The van der Waals surface area contributed by atoms with Crippen LogP contribution in [0.2, 0.25) is 10.0 Å². The number of carbonyl (C=O) groups is 1. The van der Waals surface area contributed by atoms with Crippen molar-refractivity contribution in [2.24, 2.45) is 0 Å². The average Bonchev–Trinajstić information content (AvgIpc) is 3.36. The van der Waals surface area contributed by atoms with Gasteiger partial charge in [0.2, 0.25) is 11.8 Å². The number of H-pyrrole nitrogens is 2. The van der Waals surface area contributed by atoms with E-state index in [-0.39, 0.29) is 5.82 Å². The standard InChI is InChI=1S/C14H9Cl2N9O/c15-7-2-1-3-8(16)10(7)25-12(22-23-24-25)9-6-19-11(20-9)13(26)21-14-17-4-5-18-14/h1-6H,(H,19,20)(H2,17,18,21,26). The lowest BCUT2D eigenvalue weighted by molar-refractivity contribution is 0.101. The molecule has 1 aromatic carbocycles. The molecule has 0 saturated heterocycles. The van der Waals surface area contributed by atoms with Crippen LogP contribution in [0, 0.1) is 0 Å². The molecule has 130 valence electrons. The number of hydrogen-bond acceptors (Lipinski definition) is 6. The summed E-state index contributed by atoms with van der Waals surface area (Å²) >= 11 is 12.4. The molecule has 0 unspecified atom stereocenters. The quantitative estimate of drug-likeness (QED) is 0.490. The number of rotatable bonds is 4. The maximum atomic E-state index is 12.2. The van der Waals surface area contributed by atoms with Crippen molar-refractivity contribution in [3.8, 4) is 17.2 Å². The van der Waals surface area contributed by atoms with E-state index in [1.165, 1.54) is 17.1 Å². The second-order valence-corrected chi connectivity index (χ2v) is 5.84. The van der Waals surface area contributed by atoms with Crippen LogP contribution < -0.4 is 5.32 Å². The van der Waals surface area contributed by atoms with Gasteiger partial charge in [-0.15, -0.1) is 5.10 Å². The Labute approximate surface area is 155 Å². The number of nitrogens with one attached hydrogen (secondary N) is 3. The highest BCUT2D eigenvalue weighted by molar-refractivity contribution is 6.37. The first kappa shape index (κ1) is 16.2. The number of carbonyl (C=O) groups excluding carboxylic acids is 1. The molecule has 3 N–H and O–H groups in total. The molecule has 4 rings (SSSR count). The first-order chi connectivity index (χ1) is 12.6. The van der Waals surface area contributed by atoms with Crippen molar-refractivity contribution < 1.29 is 4.79 Å². The van der Waals surface area contributed by atoms with Crippen molar-refractivity contribution >= 4 is 35.1 Å². The molecule has 26 heavy (non-hydrogen) atoms. The number of tetrazole rings is 1. The number of para-hydroxylation sites is 1. The van der Waals surface area contributed by atoms with Gasteiger partial charge in [0.15, 0.2) is 5.82 Å². The number of imidazole rings is 2. The summed E-state index contributed by atoms with van der Waals surface area (Å²) in [5.41, 5.74) is 0.836. The third kappa shape index (κ3) is 2.91. The largest absolute Gasteiger partial charge is 0.331 e. The predicted molar refractivity (Wildman–Crippen MR) is 93.3 cm³/mol. The van der Waals surface area contributed by atoms with Crippen LogP contribution in [0.3, 0.4) is 0 Å². The van der Waals surface area contributed by atoms with E-state index in [9.17, 15) is 4.79 Å². The minimum atomic E-state index is -0.471. The molecule has 0 aliphatic heterocycles. The van der Waals surface area contributed by atoms with E-state index >= 15 is 0 Å². The summed E-state index contributed by atoms with van der Waals surface area (Å²) in [5, 5.41) is 14.8. The van der Waals surface area contributed by atoms with E-state index in [0.29, 0.717) is 33.2 Å². The lowest BCUT2D eigenvalue weighted by atomic mass is 10.3. The molecule has 0 radical (unpaired) electrons. The number of amides is 1. The Bertz CT molecular complexity index is 1050. The van der Waals surface area contributed by atoms with E-state index in [0.717, 1.165) is 0 Å². The molecule has 1 amide bonds. The van der Waals surface area contributed by atoms with Gasteiger partial charge < -0.3 is 9.97 Å².